The number of likely N-dealkylation sites (tertiary alicyclic amines) is 1. The first-order chi connectivity index (χ1) is 9.10. The first kappa shape index (κ1) is 13.5. The van der Waals surface area contributed by atoms with E-state index >= 15 is 0 Å². The van der Waals surface area contributed by atoms with Crippen LogP contribution in [-0.4, -0.2) is 44.8 Å². The van der Waals surface area contributed by atoms with Gasteiger partial charge in [-0.2, -0.15) is 0 Å². The summed E-state index contributed by atoms with van der Waals surface area (Å²) in [6.45, 7) is 1.57. The first-order valence-corrected chi connectivity index (χ1v) is 6.26. The van der Waals surface area contributed by atoms with Crippen LogP contribution in [0.1, 0.15) is 18.5 Å². The predicted molar refractivity (Wildman–Crippen MR) is 66.4 cm³/mol. The summed E-state index contributed by atoms with van der Waals surface area (Å²) < 4.78 is 1.48. The van der Waals surface area contributed by atoms with Gasteiger partial charge < -0.3 is 16.4 Å². The Kier molecular flexibility index (Phi) is 4.10. The molecule has 2 amide bonds. The predicted octanol–water partition coefficient (Wildman–Crippen LogP) is -1.54. The summed E-state index contributed by atoms with van der Waals surface area (Å²) in [5.74, 6) is -0.424. The normalized spacial score (nSPS) is 16.6. The number of aromatic nitrogens is 3. The third kappa shape index (κ3) is 3.28. The maximum atomic E-state index is 12.0. The van der Waals surface area contributed by atoms with E-state index in [2.05, 4.69) is 10.3 Å². The molecule has 0 saturated carbocycles. The zero-order chi connectivity index (χ0) is 13.8. The Hall–Kier alpha value is -1.96. The zero-order valence-corrected chi connectivity index (χ0v) is 10.7. The fourth-order valence-electron chi connectivity index (χ4n) is 2.16. The summed E-state index contributed by atoms with van der Waals surface area (Å²) in [5.41, 5.74) is 11.3. The van der Waals surface area contributed by atoms with Crippen molar-refractivity contribution in [2.75, 3.05) is 13.1 Å². The standard InChI is InChI=1S/C11H18N6O2/c12-5-9-6-17(15-14-9)7-10(18)16-3-1-8(2-4-16)11(13)19/h6,8H,1-5,7,12H2,(H2,13,19). The van der Waals surface area contributed by atoms with Crippen LogP contribution in [0.4, 0.5) is 0 Å². The van der Waals surface area contributed by atoms with E-state index in [-0.39, 0.29) is 24.3 Å². The molecule has 1 fully saturated rings. The van der Waals surface area contributed by atoms with Crippen molar-refractivity contribution in [2.24, 2.45) is 17.4 Å². The third-order valence-corrected chi connectivity index (χ3v) is 3.34. The van der Waals surface area contributed by atoms with Gasteiger partial charge in [-0.1, -0.05) is 5.21 Å². The Bertz CT molecular complexity index is 464. The third-order valence-electron chi connectivity index (χ3n) is 3.34. The van der Waals surface area contributed by atoms with Gasteiger partial charge in [-0.3, -0.25) is 9.59 Å². The summed E-state index contributed by atoms with van der Waals surface area (Å²) in [4.78, 5) is 24.8. The fraction of sp³-hybridized carbons (Fsp3) is 0.636. The van der Waals surface area contributed by atoms with Gasteiger partial charge >= 0.3 is 0 Å². The molecule has 0 aliphatic carbocycles. The van der Waals surface area contributed by atoms with Crippen LogP contribution in [-0.2, 0) is 22.7 Å². The molecule has 1 aromatic rings. The van der Waals surface area contributed by atoms with Crippen molar-refractivity contribution in [1.82, 2.24) is 19.9 Å². The second-order valence-electron chi connectivity index (χ2n) is 4.67. The summed E-state index contributed by atoms with van der Waals surface area (Å²) in [6.07, 6.45) is 2.92. The van der Waals surface area contributed by atoms with E-state index in [1.54, 1.807) is 11.1 Å². The Morgan fingerprint density at radius 2 is 2.05 bits per heavy atom. The highest BCUT2D eigenvalue weighted by atomic mass is 16.2. The minimum absolute atomic E-state index is 0.0311. The average Bonchev–Trinajstić information content (AvgIpc) is 2.86. The molecule has 0 spiro atoms. The van der Waals surface area contributed by atoms with Gasteiger partial charge in [0.05, 0.1) is 11.9 Å². The maximum Gasteiger partial charge on any atom is 0.244 e. The van der Waals surface area contributed by atoms with E-state index in [1.165, 1.54) is 4.68 Å². The Morgan fingerprint density at radius 1 is 1.37 bits per heavy atom. The number of carbonyl (C=O) groups is 2. The Morgan fingerprint density at radius 3 is 2.58 bits per heavy atom. The number of amides is 2. The molecule has 1 aliphatic rings. The summed E-state index contributed by atoms with van der Waals surface area (Å²) in [5, 5.41) is 7.65. The monoisotopic (exact) mass is 266 g/mol. The number of hydrogen-bond acceptors (Lipinski definition) is 5. The molecule has 0 aromatic carbocycles. The van der Waals surface area contributed by atoms with Crippen LogP contribution >= 0.6 is 0 Å². The van der Waals surface area contributed by atoms with Gasteiger partial charge in [0, 0.05) is 25.6 Å². The van der Waals surface area contributed by atoms with Crippen LogP contribution < -0.4 is 11.5 Å². The van der Waals surface area contributed by atoms with E-state index in [0.29, 0.717) is 38.2 Å². The smallest absolute Gasteiger partial charge is 0.244 e. The number of piperidine rings is 1. The molecule has 4 N–H and O–H groups in total. The molecule has 2 heterocycles. The lowest BCUT2D eigenvalue weighted by Crippen LogP contribution is -2.43. The highest BCUT2D eigenvalue weighted by Crippen LogP contribution is 2.16. The zero-order valence-electron chi connectivity index (χ0n) is 10.7. The lowest BCUT2D eigenvalue weighted by molar-refractivity contribution is -0.135. The van der Waals surface area contributed by atoms with Gasteiger partial charge in [0.1, 0.15) is 6.54 Å². The summed E-state index contributed by atoms with van der Waals surface area (Å²) in [7, 11) is 0. The molecule has 1 saturated heterocycles. The second-order valence-corrected chi connectivity index (χ2v) is 4.67. The number of primary amides is 1. The van der Waals surface area contributed by atoms with E-state index < -0.39 is 0 Å². The van der Waals surface area contributed by atoms with E-state index in [4.69, 9.17) is 11.5 Å². The van der Waals surface area contributed by atoms with Crippen molar-refractivity contribution in [3.63, 3.8) is 0 Å². The molecule has 0 bridgehead atoms. The molecular formula is C11H18N6O2. The quantitative estimate of drug-likeness (QED) is 0.684. The van der Waals surface area contributed by atoms with Crippen molar-refractivity contribution in [1.29, 1.82) is 0 Å². The molecule has 0 atom stereocenters. The highest BCUT2D eigenvalue weighted by molar-refractivity contribution is 5.78. The van der Waals surface area contributed by atoms with Gasteiger partial charge in [-0.05, 0) is 12.8 Å². The van der Waals surface area contributed by atoms with Crippen LogP contribution in [0.15, 0.2) is 6.20 Å². The van der Waals surface area contributed by atoms with Crippen molar-refractivity contribution in [3.8, 4) is 0 Å². The van der Waals surface area contributed by atoms with Gasteiger partial charge in [-0.25, -0.2) is 4.68 Å². The lowest BCUT2D eigenvalue weighted by Gasteiger charge is -2.30. The fourth-order valence-corrected chi connectivity index (χ4v) is 2.16. The number of hydrogen-bond donors (Lipinski definition) is 2. The lowest BCUT2D eigenvalue weighted by atomic mass is 9.96. The Balaban J connectivity index is 1.86. The van der Waals surface area contributed by atoms with E-state index in [1.807, 2.05) is 0 Å². The average molecular weight is 266 g/mol. The van der Waals surface area contributed by atoms with Crippen LogP contribution in [0.3, 0.4) is 0 Å². The minimum Gasteiger partial charge on any atom is -0.369 e. The molecule has 1 aromatic heterocycles. The number of carbonyl (C=O) groups excluding carboxylic acids is 2. The minimum atomic E-state index is -0.282. The van der Waals surface area contributed by atoms with Crippen LogP contribution in [0.25, 0.3) is 0 Å². The van der Waals surface area contributed by atoms with Crippen LogP contribution in [0.2, 0.25) is 0 Å². The largest absolute Gasteiger partial charge is 0.369 e. The molecule has 2 rings (SSSR count). The number of nitrogens with two attached hydrogens (primary N) is 2. The van der Waals surface area contributed by atoms with Crippen molar-refractivity contribution in [2.45, 2.75) is 25.9 Å². The molecule has 0 radical (unpaired) electrons. The summed E-state index contributed by atoms with van der Waals surface area (Å²) in [6, 6.07) is 0. The van der Waals surface area contributed by atoms with Gasteiger partial charge in [0.15, 0.2) is 0 Å². The topological polar surface area (TPSA) is 120 Å². The maximum absolute atomic E-state index is 12.0. The number of nitrogens with zero attached hydrogens (tertiary/aromatic N) is 4. The SMILES string of the molecule is NCc1cn(CC(=O)N2CCC(C(N)=O)CC2)nn1. The molecule has 1 aliphatic heterocycles. The van der Waals surface area contributed by atoms with Crippen molar-refractivity contribution < 1.29 is 9.59 Å². The van der Waals surface area contributed by atoms with Gasteiger partial charge in [0.2, 0.25) is 11.8 Å². The number of rotatable bonds is 4. The molecule has 8 heteroatoms. The second kappa shape index (κ2) is 5.79. The van der Waals surface area contributed by atoms with Gasteiger partial charge in [0.25, 0.3) is 0 Å². The van der Waals surface area contributed by atoms with Crippen LogP contribution in [0, 0.1) is 5.92 Å². The van der Waals surface area contributed by atoms with Crippen molar-refractivity contribution >= 4 is 11.8 Å². The Labute approximate surface area is 110 Å². The summed E-state index contributed by atoms with van der Waals surface area (Å²) >= 11 is 0. The van der Waals surface area contributed by atoms with Crippen LogP contribution in [0.5, 0.6) is 0 Å². The molecule has 19 heavy (non-hydrogen) atoms. The molecule has 0 unspecified atom stereocenters. The van der Waals surface area contributed by atoms with E-state index in [9.17, 15) is 9.59 Å². The van der Waals surface area contributed by atoms with E-state index in [0.717, 1.165) is 0 Å². The highest BCUT2D eigenvalue weighted by Gasteiger charge is 2.25. The van der Waals surface area contributed by atoms with Crippen molar-refractivity contribution in [3.05, 3.63) is 11.9 Å². The van der Waals surface area contributed by atoms with Gasteiger partial charge in [-0.15, -0.1) is 5.10 Å². The molecule has 8 nitrogen and oxygen atoms in total. The molecular weight excluding hydrogens is 248 g/mol. The molecule has 104 valence electrons. The first-order valence-electron chi connectivity index (χ1n) is 6.26.